The lowest BCUT2D eigenvalue weighted by Gasteiger charge is -2.07. The minimum absolute atomic E-state index is 0.0134. The van der Waals surface area contributed by atoms with E-state index in [1.807, 2.05) is 25.1 Å². The summed E-state index contributed by atoms with van der Waals surface area (Å²) in [6.07, 6.45) is 1.79. The predicted octanol–water partition coefficient (Wildman–Crippen LogP) is 3.05. The Morgan fingerprint density at radius 1 is 1.20 bits per heavy atom. The molecule has 0 bridgehead atoms. The summed E-state index contributed by atoms with van der Waals surface area (Å²) < 4.78 is 7.29. The highest BCUT2D eigenvalue weighted by Gasteiger charge is 2.09. The van der Waals surface area contributed by atoms with Crippen LogP contribution in [0.2, 0.25) is 0 Å². The normalized spacial score (nSPS) is 10.9. The van der Waals surface area contributed by atoms with E-state index in [9.17, 15) is 4.79 Å². The van der Waals surface area contributed by atoms with Crippen LogP contribution in [0.5, 0.6) is 0 Å². The van der Waals surface area contributed by atoms with E-state index in [1.165, 1.54) is 0 Å². The van der Waals surface area contributed by atoms with Gasteiger partial charge in [-0.3, -0.25) is 4.79 Å². The Balaban J connectivity index is 1.88. The van der Waals surface area contributed by atoms with Crippen LogP contribution in [-0.2, 0) is 13.6 Å². The summed E-state index contributed by atoms with van der Waals surface area (Å²) in [5.74, 6) is 0.920. The van der Waals surface area contributed by atoms with E-state index >= 15 is 0 Å². The zero-order chi connectivity index (χ0) is 14.1. The number of benzene rings is 1. The third kappa shape index (κ3) is 2.20. The molecule has 2 heterocycles. The number of furan rings is 1. The van der Waals surface area contributed by atoms with Gasteiger partial charge in [0.1, 0.15) is 11.3 Å². The second-order valence-corrected chi connectivity index (χ2v) is 4.85. The van der Waals surface area contributed by atoms with Gasteiger partial charge in [-0.1, -0.05) is 18.2 Å². The van der Waals surface area contributed by atoms with Crippen molar-refractivity contribution in [2.75, 3.05) is 5.32 Å². The monoisotopic (exact) mass is 268 g/mol. The van der Waals surface area contributed by atoms with Crippen LogP contribution in [0.3, 0.4) is 0 Å². The molecular formula is C16H16N2O2. The number of nitrogens with one attached hydrogen (secondary N) is 1. The van der Waals surface area contributed by atoms with Crippen molar-refractivity contribution in [2.24, 2.45) is 7.05 Å². The summed E-state index contributed by atoms with van der Waals surface area (Å²) >= 11 is 0. The van der Waals surface area contributed by atoms with E-state index in [0.717, 1.165) is 28.0 Å². The Hall–Kier alpha value is -2.49. The van der Waals surface area contributed by atoms with Crippen molar-refractivity contribution < 1.29 is 4.42 Å². The van der Waals surface area contributed by atoms with Gasteiger partial charge in [0.2, 0.25) is 5.56 Å². The van der Waals surface area contributed by atoms with Gasteiger partial charge >= 0.3 is 0 Å². The molecule has 0 amide bonds. The summed E-state index contributed by atoms with van der Waals surface area (Å²) in [4.78, 5) is 11.4. The van der Waals surface area contributed by atoms with Gasteiger partial charge in [-0.2, -0.15) is 0 Å². The average molecular weight is 268 g/mol. The van der Waals surface area contributed by atoms with Crippen molar-refractivity contribution in [1.82, 2.24) is 4.57 Å². The fourth-order valence-corrected chi connectivity index (χ4v) is 2.33. The first kappa shape index (κ1) is 12.5. The molecule has 1 N–H and O–H groups in total. The lowest BCUT2D eigenvalue weighted by atomic mass is 10.1. The van der Waals surface area contributed by atoms with Crippen molar-refractivity contribution in [2.45, 2.75) is 13.5 Å². The van der Waals surface area contributed by atoms with Gasteiger partial charge < -0.3 is 14.3 Å². The van der Waals surface area contributed by atoms with Crippen LogP contribution < -0.4 is 10.9 Å². The second-order valence-electron chi connectivity index (χ2n) is 4.85. The summed E-state index contributed by atoms with van der Waals surface area (Å²) in [7, 11) is 1.74. The maximum atomic E-state index is 11.4. The number of fused-ring (bicyclic) bond motifs is 1. The van der Waals surface area contributed by atoms with E-state index in [1.54, 1.807) is 29.9 Å². The maximum Gasteiger partial charge on any atom is 0.250 e. The minimum atomic E-state index is -0.0134. The third-order valence-electron chi connectivity index (χ3n) is 3.46. The van der Waals surface area contributed by atoms with Crippen LogP contribution in [-0.4, -0.2) is 4.57 Å². The number of anilines is 1. The number of pyridine rings is 1. The van der Waals surface area contributed by atoms with Gasteiger partial charge in [-0.05, 0) is 19.1 Å². The van der Waals surface area contributed by atoms with Crippen LogP contribution in [0.15, 0.2) is 51.8 Å². The Labute approximate surface area is 116 Å². The molecule has 0 spiro atoms. The van der Waals surface area contributed by atoms with Gasteiger partial charge in [-0.15, -0.1) is 0 Å². The lowest BCUT2D eigenvalue weighted by molar-refractivity contribution is 0.573. The fraction of sp³-hybridized carbons (Fsp3) is 0.188. The minimum Gasteiger partial charge on any atom is -0.461 e. The Kier molecular flexibility index (Phi) is 3.06. The van der Waals surface area contributed by atoms with E-state index < -0.39 is 0 Å². The van der Waals surface area contributed by atoms with Crippen molar-refractivity contribution in [3.63, 3.8) is 0 Å². The largest absolute Gasteiger partial charge is 0.461 e. The first-order chi connectivity index (χ1) is 9.65. The predicted molar refractivity (Wildman–Crippen MR) is 80.0 cm³/mol. The molecule has 1 aromatic carbocycles. The van der Waals surface area contributed by atoms with Crippen LogP contribution >= 0.6 is 0 Å². The molecule has 0 saturated heterocycles. The van der Waals surface area contributed by atoms with Gasteiger partial charge in [0.05, 0.1) is 5.69 Å². The molecule has 0 atom stereocenters. The zero-order valence-electron chi connectivity index (χ0n) is 11.5. The van der Waals surface area contributed by atoms with Gasteiger partial charge in [0, 0.05) is 36.8 Å². The summed E-state index contributed by atoms with van der Waals surface area (Å²) in [6, 6.07) is 11.4. The van der Waals surface area contributed by atoms with Gasteiger partial charge in [0.15, 0.2) is 0 Å². The number of rotatable bonds is 3. The third-order valence-corrected chi connectivity index (χ3v) is 3.46. The number of aryl methyl sites for hydroxylation is 2. The average Bonchev–Trinajstić information content (AvgIpc) is 2.76. The summed E-state index contributed by atoms with van der Waals surface area (Å²) in [5, 5.41) is 4.46. The van der Waals surface area contributed by atoms with Gasteiger partial charge in [-0.25, -0.2) is 0 Å². The molecule has 2 aromatic heterocycles. The Morgan fingerprint density at radius 2 is 2.00 bits per heavy atom. The highest BCUT2D eigenvalue weighted by atomic mass is 16.3. The molecule has 3 aromatic rings. The first-order valence-corrected chi connectivity index (χ1v) is 6.53. The molecule has 0 aliphatic carbocycles. The molecule has 0 unspecified atom stereocenters. The van der Waals surface area contributed by atoms with Crippen molar-refractivity contribution in [1.29, 1.82) is 0 Å². The molecule has 0 radical (unpaired) electrons. The van der Waals surface area contributed by atoms with Crippen LogP contribution in [0.1, 0.15) is 11.3 Å². The molecule has 0 saturated carbocycles. The summed E-state index contributed by atoms with van der Waals surface area (Å²) in [6.45, 7) is 2.64. The van der Waals surface area contributed by atoms with Gasteiger partial charge in [0.25, 0.3) is 0 Å². The lowest BCUT2D eigenvalue weighted by Crippen LogP contribution is -2.15. The number of hydrogen-bond donors (Lipinski definition) is 1. The molecule has 4 nitrogen and oxygen atoms in total. The molecule has 0 fully saturated rings. The number of hydrogen-bond acceptors (Lipinski definition) is 3. The van der Waals surface area contributed by atoms with E-state index in [-0.39, 0.29) is 5.56 Å². The smallest absolute Gasteiger partial charge is 0.250 e. The highest BCUT2D eigenvalue weighted by molar-refractivity contribution is 5.82. The molecule has 0 aliphatic rings. The number of aromatic nitrogens is 1. The second kappa shape index (κ2) is 4.89. The SMILES string of the molecule is Cc1oc2ccccc2c1CNc1ccc(=O)n(C)c1. The molecular weight excluding hydrogens is 252 g/mol. The zero-order valence-corrected chi connectivity index (χ0v) is 11.5. The van der Waals surface area contributed by atoms with E-state index in [2.05, 4.69) is 11.4 Å². The van der Waals surface area contributed by atoms with Crippen molar-refractivity contribution in [3.8, 4) is 0 Å². The Bertz CT molecular complexity index is 815. The van der Waals surface area contributed by atoms with E-state index in [4.69, 9.17) is 4.42 Å². The van der Waals surface area contributed by atoms with Crippen molar-refractivity contribution >= 4 is 16.7 Å². The van der Waals surface area contributed by atoms with Crippen LogP contribution in [0, 0.1) is 6.92 Å². The molecule has 4 heteroatoms. The molecule has 3 rings (SSSR count). The number of para-hydroxylation sites is 1. The number of nitrogens with zero attached hydrogens (tertiary/aromatic N) is 1. The highest BCUT2D eigenvalue weighted by Crippen LogP contribution is 2.25. The first-order valence-electron chi connectivity index (χ1n) is 6.53. The van der Waals surface area contributed by atoms with E-state index in [0.29, 0.717) is 6.54 Å². The summed E-state index contributed by atoms with van der Waals surface area (Å²) in [5.41, 5.74) is 2.95. The van der Waals surface area contributed by atoms with Crippen LogP contribution in [0.4, 0.5) is 5.69 Å². The standard InChI is InChI=1S/C16H16N2O2/c1-11-14(13-5-3-4-6-15(13)20-11)9-17-12-7-8-16(19)18(2)10-12/h3-8,10,17H,9H2,1-2H3. The fourth-order valence-electron chi connectivity index (χ4n) is 2.33. The topological polar surface area (TPSA) is 47.2 Å². The maximum absolute atomic E-state index is 11.4. The van der Waals surface area contributed by atoms with Crippen molar-refractivity contribution in [3.05, 3.63) is 64.3 Å². The molecule has 20 heavy (non-hydrogen) atoms. The van der Waals surface area contributed by atoms with Crippen LogP contribution in [0.25, 0.3) is 11.0 Å². The Morgan fingerprint density at radius 3 is 2.80 bits per heavy atom. The molecule has 102 valence electrons. The molecule has 0 aliphatic heterocycles. The quantitative estimate of drug-likeness (QED) is 0.794.